The fourth-order valence-corrected chi connectivity index (χ4v) is 2.92. The van der Waals surface area contributed by atoms with Crippen molar-refractivity contribution in [2.24, 2.45) is 5.10 Å². The van der Waals surface area contributed by atoms with Gasteiger partial charge in [-0.05, 0) is 25.0 Å². The van der Waals surface area contributed by atoms with Crippen LogP contribution in [-0.2, 0) is 0 Å². The highest BCUT2D eigenvalue weighted by Gasteiger charge is 2.03. The molecule has 2 aromatic carbocycles. The molecule has 3 rings (SSSR count). The Hall–Kier alpha value is -2.46. The van der Waals surface area contributed by atoms with Crippen LogP contribution in [0, 0.1) is 13.8 Å². The second-order valence-electron chi connectivity index (χ2n) is 5.08. The standard InChI is InChI=1S/C18H17N3S/c1-13-7-6-8-14(2)16(13)11-19-21-18-20-17(12-22-18)15-9-4-3-5-10-15/h3-12H,1-2H3,(H,20,21). The molecule has 0 aliphatic heterocycles. The molecule has 0 spiro atoms. The fraction of sp³-hybridized carbons (Fsp3) is 0.111. The van der Waals surface area contributed by atoms with E-state index in [0.29, 0.717) is 0 Å². The maximum Gasteiger partial charge on any atom is 0.203 e. The maximum atomic E-state index is 4.55. The molecule has 1 aromatic heterocycles. The molecule has 0 aliphatic rings. The normalized spacial score (nSPS) is 11.0. The second-order valence-corrected chi connectivity index (χ2v) is 5.94. The molecule has 0 fully saturated rings. The van der Waals surface area contributed by atoms with Crippen LogP contribution in [-0.4, -0.2) is 11.2 Å². The zero-order valence-corrected chi connectivity index (χ0v) is 13.4. The number of hydrogen-bond donors (Lipinski definition) is 1. The highest BCUT2D eigenvalue weighted by Crippen LogP contribution is 2.24. The summed E-state index contributed by atoms with van der Waals surface area (Å²) in [6.07, 6.45) is 1.86. The minimum atomic E-state index is 0.793. The summed E-state index contributed by atoms with van der Waals surface area (Å²) < 4.78 is 0. The van der Waals surface area contributed by atoms with Crippen molar-refractivity contribution in [1.82, 2.24) is 4.98 Å². The fourth-order valence-electron chi connectivity index (χ4n) is 2.25. The van der Waals surface area contributed by atoms with Crippen molar-refractivity contribution >= 4 is 22.7 Å². The lowest BCUT2D eigenvalue weighted by atomic mass is 10.0. The van der Waals surface area contributed by atoms with Gasteiger partial charge in [-0.3, -0.25) is 5.43 Å². The molecule has 0 bridgehead atoms. The van der Waals surface area contributed by atoms with Crippen molar-refractivity contribution in [3.05, 3.63) is 70.6 Å². The number of anilines is 1. The van der Waals surface area contributed by atoms with Gasteiger partial charge in [0.05, 0.1) is 11.9 Å². The molecule has 110 valence electrons. The van der Waals surface area contributed by atoms with E-state index in [1.165, 1.54) is 11.1 Å². The van der Waals surface area contributed by atoms with Crippen molar-refractivity contribution in [3.63, 3.8) is 0 Å². The summed E-state index contributed by atoms with van der Waals surface area (Å²) >= 11 is 1.55. The Morgan fingerprint density at radius 1 is 1.00 bits per heavy atom. The Labute approximate surface area is 134 Å². The van der Waals surface area contributed by atoms with Crippen LogP contribution in [0.3, 0.4) is 0 Å². The molecule has 0 unspecified atom stereocenters. The summed E-state index contributed by atoms with van der Waals surface area (Å²) in [5, 5.41) is 7.14. The summed E-state index contributed by atoms with van der Waals surface area (Å²) in [5.41, 5.74) is 8.68. The summed E-state index contributed by atoms with van der Waals surface area (Å²) in [4.78, 5) is 4.55. The van der Waals surface area contributed by atoms with Gasteiger partial charge in [0, 0.05) is 16.5 Å². The first kappa shape index (κ1) is 14.5. The highest BCUT2D eigenvalue weighted by atomic mass is 32.1. The SMILES string of the molecule is Cc1cccc(C)c1C=NNc1nc(-c2ccccc2)cs1. The van der Waals surface area contributed by atoms with E-state index < -0.39 is 0 Å². The van der Waals surface area contributed by atoms with Gasteiger partial charge in [0.1, 0.15) is 0 Å². The van der Waals surface area contributed by atoms with Gasteiger partial charge in [-0.1, -0.05) is 48.5 Å². The van der Waals surface area contributed by atoms with Crippen molar-refractivity contribution < 1.29 is 0 Å². The van der Waals surface area contributed by atoms with E-state index in [0.717, 1.165) is 22.0 Å². The number of rotatable bonds is 4. The number of thiazole rings is 1. The number of aromatic nitrogens is 1. The van der Waals surface area contributed by atoms with Gasteiger partial charge in [0.2, 0.25) is 5.13 Å². The van der Waals surface area contributed by atoms with Crippen molar-refractivity contribution in [3.8, 4) is 11.3 Å². The first-order valence-corrected chi connectivity index (χ1v) is 7.98. The minimum Gasteiger partial charge on any atom is -0.253 e. The third kappa shape index (κ3) is 3.23. The predicted octanol–water partition coefficient (Wildman–Crippen LogP) is 4.87. The molecule has 0 amide bonds. The third-order valence-electron chi connectivity index (χ3n) is 3.47. The van der Waals surface area contributed by atoms with Gasteiger partial charge >= 0.3 is 0 Å². The van der Waals surface area contributed by atoms with E-state index in [4.69, 9.17) is 0 Å². The van der Waals surface area contributed by atoms with Gasteiger partial charge in [0.25, 0.3) is 0 Å². The minimum absolute atomic E-state index is 0.793. The van der Waals surface area contributed by atoms with Crippen molar-refractivity contribution in [1.29, 1.82) is 0 Å². The van der Waals surface area contributed by atoms with Crippen molar-refractivity contribution in [2.45, 2.75) is 13.8 Å². The Morgan fingerprint density at radius 2 is 1.73 bits per heavy atom. The average molecular weight is 307 g/mol. The molecule has 4 heteroatoms. The summed E-state index contributed by atoms with van der Waals surface area (Å²) in [5.74, 6) is 0. The highest BCUT2D eigenvalue weighted by molar-refractivity contribution is 7.14. The molecule has 3 nitrogen and oxygen atoms in total. The summed E-state index contributed by atoms with van der Waals surface area (Å²) in [6, 6.07) is 16.4. The molecular formula is C18H17N3S. The molecule has 0 saturated heterocycles. The van der Waals surface area contributed by atoms with Gasteiger partial charge in [-0.2, -0.15) is 5.10 Å². The van der Waals surface area contributed by atoms with Crippen LogP contribution in [0.5, 0.6) is 0 Å². The first-order valence-electron chi connectivity index (χ1n) is 7.10. The molecule has 0 aliphatic carbocycles. The number of nitrogens with zero attached hydrogens (tertiary/aromatic N) is 2. The van der Waals surface area contributed by atoms with Crippen LogP contribution in [0.15, 0.2) is 59.0 Å². The average Bonchev–Trinajstić information content (AvgIpc) is 3.00. The monoisotopic (exact) mass is 307 g/mol. The quantitative estimate of drug-likeness (QED) is 0.551. The zero-order valence-electron chi connectivity index (χ0n) is 12.6. The van der Waals surface area contributed by atoms with E-state index in [9.17, 15) is 0 Å². The number of benzene rings is 2. The molecule has 22 heavy (non-hydrogen) atoms. The van der Waals surface area contributed by atoms with E-state index in [2.05, 4.69) is 59.7 Å². The van der Waals surface area contributed by atoms with E-state index in [1.54, 1.807) is 11.3 Å². The van der Waals surface area contributed by atoms with Gasteiger partial charge in [0.15, 0.2) is 0 Å². The molecule has 3 aromatic rings. The van der Waals surface area contributed by atoms with Crippen LogP contribution >= 0.6 is 11.3 Å². The Kier molecular flexibility index (Phi) is 4.30. The van der Waals surface area contributed by atoms with E-state index in [1.807, 2.05) is 29.8 Å². The smallest absolute Gasteiger partial charge is 0.203 e. The topological polar surface area (TPSA) is 37.3 Å². The Balaban J connectivity index is 1.72. The molecular weight excluding hydrogens is 290 g/mol. The number of hydrazone groups is 1. The number of hydrogen-bond acceptors (Lipinski definition) is 4. The first-order chi connectivity index (χ1) is 10.7. The van der Waals surface area contributed by atoms with Gasteiger partial charge < -0.3 is 0 Å². The van der Waals surface area contributed by atoms with Crippen LogP contribution in [0.1, 0.15) is 16.7 Å². The van der Waals surface area contributed by atoms with E-state index in [-0.39, 0.29) is 0 Å². The largest absolute Gasteiger partial charge is 0.253 e. The summed E-state index contributed by atoms with van der Waals surface area (Å²) in [7, 11) is 0. The van der Waals surface area contributed by atoms with Gasteiger partial charge in [-0.15, -0.1) is 11.3 Å². The van der Waals surface area contributed by atoms with E-state index >= 15 is 0 Å². The maximum absolute atomic E-state index is 4.55. The Bertz CT molecular complexity index is 771. The summed E-state index contributed by atoms with van der Waals surface area (Å²) in [6.45, 7) is 4.18. The van der Waals surface area contributed by atoms with Crippen LogP contribution in [0.4, 0.5) is 5.13 Å². The molecule has 1 heterocycles. The van der Waals surface area contributed by atoms with Gasteiger partial charge in [-0.25, -0.2) is 4.98 Å². The molecule has 0 atom stereocenters. The zero-order chi connectivity index (χ0) is 15.4. The molecule has 0 saturated carbocycles. The lowest BCUT2D eigenvalue weighted by Gasteiger charge is -2.03. The number of aryl methyl sites for hydroxylation is 2. The van der Waals surface area contributed by atoms with Crippen LogP contribution in [0.25, 0.3) is 11.3 Å². The lowest BCUT2D eigenvalue weighted by molar-refractivity contribution is 1.28. The van der Waals surface area contributed by atoms with Crippen molar-refractivity contribution in [2.75, 3.05) is 5.43 Å². The lowest BCUT2D eigenvalue weighted by Crippen LogP contribution is -1.95. The molecule has 1 N–H and O–H groups in total. The number of nitrogens with one attached hydrogen (secondary N) is 1. The Morgan fingerprint density at radius 3 is 2.45 bits per heavy atom. The molecule has 0 radical (unpaired) electrons. The third-order valence-corrected chi connectivity index (χ3v) is 4.22. The van der Waals surface area contributed by atoms with Crippen LogP contribution < -0.4 is 5.43 Å². The van der Waals surface area contributed by atoms with Crippen LogP contribution in [0.2, 0.25) is 0 Å². The predicted molar refractivity (Wildman–Crippen MR) is 94.7 cm³/mol. The second kappa shape index (κ2) is 6.54.